The van der Waals surface area contributed by atoms with Crippen LogP contribution in [0.4, 0.5) is 0 Å². The molecule has 132 valence electrons. The molecule has 1 aliphatic carbocycles. The number of halogens is 1. The quantitative estimate of drug-likeness (QED) is 0.782. The van der Waals surface area contributed by atoms with Gasteiger partial charge in [-0.2, -0.15) is 0 Å². The summed E-state index contributed by atoms with van der Waals surface area (Å²) >= 11 is 5.99. The first kappa shape index (κ1) is 18.1. The van der Waals surface area contributed by atoms with E-state index in [-0.39, 0.29) is 10.8 Å². The van der Waals surface area contributed by atoms with Crippen LogP contribution >= 0.6 is 11.6 Å². The van der Waals surface area contributed by atoms with Gasteiger partial charge < -0.3 is 5.11 Å². The van der Waals surface area contributed by atoms with E-state index in [0.29, 0.717) is 17.0 Å². The van der Waals surface area contributed by atoms with E-state index >= 15 is 0 Å². The van der Waals surface area contributed by atoms with Crippen molar-refractivity contribution in [2.75, 3.05) is 0 Å². The largest absolute Gasteiger partial charge is 0.388 e. The molecule has 0 spiro atoms. The van der Waals surface area contributed by atoms with E-state index in [1.807, 2.05) is 19.1 Å². The molecule has 0 heterocycles. The van der Waals surface area contributed by atoms with Gasteiger partial charge >= 0.3 is 0 Å². The zero-order valence-electron chi connectivity index (χ0n) is 13.8. The zero-order valence-corrected chi connectivity index (χ0v) is 15.3. The van der Waals surface area contributed by atoms with Gasteiger partial charge in [0.25, 0.3) is 0 Å². The number of nitrogens with one attached hydrogen (secondary N) is 1. The number of aliphatic hydroxyl groups is 1. The van der Waals surface area contributed by atoms with Crippen LogP contribution in [0.3, 0.4) is 0 Å². The Labute approximate surface area is 153 Å². The maximum atomic E-state index is 12.6. The molecular weight excluding hydrogens is 358 g/mol. The molecule has 0 fully saturated rings. The summed E-state index contributed by atoms with van der Waals surface area (Å²) < 4.78 is 28.0. The highest BCUT2D eigenvalue weighted by atomic mass is 35.5. The summed E-state index contributed by atoms with van der Waals surface area (Å²) in [4.78, 5) is 0.223. The summed E-state index contributed by atoms with van der Waals surface area (Å²) in [5.74, 6) is -0.348. The Balaban J connectivity index is 1.79. The molecule has 0 unspecified atom stereocenters. The third-order valence-corrected chi connectivity index (χ3v) is 6.15. The van der Waals surface area contributed by atoms with Crippen molar-refractivity contribution in [1.29, 1.82) is 0 Å². The molecule has 0 aliphatic heterocycles. The van der Waals surface area contributed by atoms with Gasteiger partial charge in [-0.1, -0.05) is 53.6 Å². The van der Waals surface area contributed by atoms with Gasteiger partial charge in [-0.25, -0.2) is 13.1 Å². The van der Waals surface area contributed by atoms with Crippen LogP contribution in [-0.2, 0) is 10.0 Å². The molecule has 0 radical (unpaired) electrons. The van der Waals surface area contributed by atoms with E-state index in [2.05, 4.69) is 4.72 Å². The van der Waals surface area contributed by atoms with E-state index in [1.54, 1.807) is 48.5 Å². The third kappa shape index (κ3) is 4.12. The lowest BCUT2D eigenvalue weighted by Crippen LogP contribution is -2.39. The zero-order chi connectivity index (χ0) is 18.0. The second-order valence-corrected chi connectivity index (χ2v) is 8.43. The topological polar surface area (TPSA) is 66.4 Å². The molecule has 6 heteroatoms. The Kier molecular flexibility index (Phi) is 5.29. The van der Waals surface area contributed by atoms with Crippen LogP contribution in [0.2, 0.25) is 5.02 Å². The number of rotatable bonds is 5. The highest BCUT2D eigenvalue weighted by Gasteiger charge is 2.33. The van der Waals surface area contributed by atoms with Gasteiger partial charge in [0, 0.05) is 17.0 Å². The molecule has 4 nitrogen and oxygen atoms in total. The molecule has 3 rings (SSSR count). The first-order valence-electron chi connectivity index (χ1n) is 8.06. The minimum Gasteiger partial charge on any atom is -0.388 e. The molecule has 25 heavy (non-hydrogen) atoms. The summed E-state index contributed by atoms with van der Waals surface area (Å²) in [6.45, 7) is 1.90. The fraction of sp³-hybridized carbons (Fsp3) is 0.263. The summed E-state index contributed by atoms with van der Waals surface area (Å²) in [5.41, 5.74) is 1.67. The van der Waals surface area contributed by atoms with E-state index in [9.17, 15) is 13.5 Å². The van der Waals surface area contributed by atoms with Gasteiger partial charge in [0.05, 0.1) is 11.0 Å². The van der Waals surface area contributed by atoms with Crippen molar-refractivity contribution >= 4 is 21.6 Å². The fourth-order valence-electron chi connectivity index (χ4n) is 3.02. The van der Waals surface area contributed by atoms with Crippen molar-refractivity contribution in [2.24, 2.45) is 5.92 Å². The predicted octanol–water partition coefficient (Wildman–Crippen LogP) is 3.61. The van der Waals surface area contributed by atoms with Gasteiger partial charge in [0.15, 0.2) is 0 Å². The lowest BCUT2D eigenvalue weighted by molar-refractivity contribution is 0.119. The second kappa shape index (κ2) is 7.30. The predicted molar refractivity (Wildman–Crippen MR) is 98.9 cm³/mol. The minimum atomic E-state index is -3.64. The van der Waals surface area contributed by atoms with Crippen LogP contribution in [0.1, 0.15) is 23.7 Å². The molecule has 0 saturated carbocycles. The van der Waals surface area contributed by atoms with E-state index in [4.69, 9.17) is 11.6 Å². The van der Waals surface area contributed by atoms with Crippen molar-refractivity contribution in [2.45, 2.75) is 30.4 Å². The molecule has 3 atom stereocenters. The molecule has 0 aromatic heterocycles. The molecular formula is C19H20ClNO3S. The fourth-order valence-corrected chi connectivity index (χ4v) is 4.50. The summed E-state index contributed by atoms with van der Waals surface area (Å²) in [5, 5.41) is 11.2. The van der Waals surface area contributed by atoms with Crippen LogP contribution in [0, 0.1) is 12.8 Å². The van der Waals surface area contributed by atoms with Crippen molar-refractivity contribution in [3.63, 3.8) is 0 Å². The van der Waals surface area contributed by atoms with Crippen LogP contribution in [-0.4, -0.2) is 19.6 Å². The normalized spacial score (nSPS) is 21.4. The number of benzene rings is 2. The molecule has 0 amide bonds. The van der Waals surface area contributed by atoms with Gasteiger partial charge in [-0.05, 0) is 43.2 Å². The monoisotopic (exact) mass is 377 g/mol. The molecule has 1 aliphatic rings. The summed E-state index contributed by atoms with van der Waals surface area (Å²) in [7, 11) is -3.64. The lowest BCUT2D eigenvalue weighted by atomic mass is 9.92. The first-order chi connectivity index (χ1) is 11.9. The van der Waals surface area contributed by atoms with Crippen molar-refractivity contribution in [3.05, 3.63) is 76.8 Å². The van der Waals surface area contributed by atoms with Crippen LogP contribution in [0.15, 0.2) is 65.6 Å². The van der Waals surface area contributed by atoms with Crippen LogP contribution in [0.25, 0.3) is 0 Å². The molecule has 2 aromatic rings. The second-order valence-electron chi connectivity index (χ2n) is 6.28. The average Bonchev–Trinajstić information content (AvgIpc) is 3.02. The Hall–Kier alpha value is -1.66. The maximum absolute atomic E-state index is 12.6. The standard InChI is InChI=1S/C19H20ClNO3S/c1-13-8-10-16(11-9-13)25(23,24)21-18-7-3-6-17(18)19(22)14-4-2-5-15(20)12-14/h2-6,8-12,17-19,21-22H,7H2,1H3/t17-,18-,19+/m0/s1. The number of hydrogen-bond acceptors (Lipinski definition) is 3. The molecule has 0 saturated heterocycles. The number of hydrogen-bond donors (Lipinski definition) is 2. The Morgan fingerprint density at radius 2 is 1.92 bits per heavy atom. The summed E-state index contributed by atoms with van der Waals surface area (Å²) in [6.07, 6.45) is 3.45. The van der Waals surface area contributed by atoms with E-state index < -0.39 is 22.2 Å². The Morgan fingerprint density at radius 3 is 2.60 bits per heavy atom. The Morgan fingerprint density at radius 1 is 1.20 bits per heavy atom. The van der Waals surface area contributed by atoms with Gasteiger partial charge in [0.1, 0.15) is 0 Å². The van der Waals surface area contributed by atoms with Gasteiger partial charge in [-0.3, -0.25) is 0 Å². The maximum Gasteiger partial charge on any atom is 0.240 e. The smallest absolute Gasteiger partial charge is 0.240 e. The highest BCUT2D eigenvalue weighted by Crippen LogP contribution is 2.33. The number of aliphatic hydroxyl groups excluding tert-OH is 1. The van der Waals surface area contributed by atoms with Crippen LogP contribution in [0.5, 0.6) is 0 Å². The minimum absolute atomic E-state index is 0.223. The Bertz CT molecular complexity index is 878. The highest BCUT2D eigenvalue weighted by molar-refractivity contribution is 7.89. The van der Waals surface area contributed by atoms with Gasteiger partial charge in [0.2, 0.25) is 10.0 Å². The SMILES string of the molecule is Cc1ccc(S(=O)(=O)N[C@H]2CC=C[C@@H]2[C@H](O)c2cccc(Cl)c2)cc1. The average molecular weight is 378 g/mol. The van der Waals surface area contributed by atoms with Crippen molar-refractivity contribution in [1.82, 2.24) is 4.72 Å². The number of sulfonamides is 1. The first-order valence-corrected chi connectivity index (χ1v) is 9.92. The molecule has 2 N–H and O–H groups in total. The van der Waals surface area contributed by atoms with Crippen molar-refractivity contribution < 1.29 is 13.5 Å². The number of aryl methyl sites for hydroxylation is 1. The molecule has 2 aromatic carbocycles. The van der Waals surface area contributed by atoms with E-state index in [0.717, 1.165) is 5.56 Å². The molecule has 0 bridgehead atoms. The van der Waals surface area contributed by atoms with Crippen LogP contribution < -0.4 is 4.72 Å². The van der Waals surface area contributed by atoms with Gasteiger partial charge in [-0.15, -0.1) is 0 Å². The van der Waals surface area contributed by atoms with E-state index in [1.165, 1.54) is 0 Å². The van der Waals surface area contributed by atoms with Crippen molar-refractivity contribution in [3.8, 4) is 0 Å². The summed E-state index contributed by atoms with van der Waals surface area (Å²) in [6, 6.07) is 13.3. The third-order valence-electron chi connectivity index (χ3n) is 4.41. The lowest BCUT2D eigenvalue weighted by Gasteiger charge is -2.25.